The minimum absolute atomic E-state index is 0.0229. The van der Waals surface area contributed by atoms with Crippen LogP contribution in [0.4, 0.5) is 0 Å². The summed E-state index contributed by atoms with van der Waals surface area (Å²) in [7, 11) is -3.76. The predicted molar refractivity (Wildman–Crippen MR) is 110 cm³/mol. The van der Waals surface area contributed by atoms with Crippen LogP contribution in [-0.2, 0) is 10.0 Å². The number of sulfonamides is 1. The number of nitrogens with zero attached hydrogens (tertiary/aromatic N) is 1. The molecule has 9 heteroatoms. The van der Waals surface area contributed by atoms with Gasteiger partial charge in [0.25, 0.3) is 0 Å². The van der Waals surface area contributed by atoms with E-state index in [0.29, 0.717) is 29.2 Å². The predicted octanol–water partition coefficient (Wildman–Crippen LogP) is 3.54. The van der Waals surface area contributed by atoms with Gasteiger partial charge in [-0.3, -0.25) is 4.79 Å². The monoisotopic (exact) mass is 449 g/mol. The van der Waals surface area contributed by atoms with E-state index in [1.807, 2.05) is 6.92 Å². The van der Waals surface area contributed by atoms with Gasteiger partial charge in [-0.15, -0.1) is 0 Å². The van der Waals surface area contributed by atoms with Crippen molar-refractivity contribution in [2.75, 3.05) is 13.1 Å². The molecule has 7 nitrogen and oxygen atoms in total. The van der Waals surface area contributed by atoms with E-state index in [1.54, 1.807) is 12.1 Å². The number of fused-ring (bicyclic) bond motifs is 1. The number of carboxylic acid groups (broad SMARTS) is 1. The lowest BCUT2D eigenvalue weighted by atomic mass is 9.83. The van der Waals surface area contributed by atoms with Gasteiger partial charge in [0.2, 0.25) is 10.0 Å². The van der Waals surface area contributed by atoms with Crippen molar-refractivity contribution >= 4 is 33.4 Å². The molecule has 0 unspecified atom stereocenters. The lowest BCUT2D eigenvalue weighted by molar-refractivity contribution is 0.00586. The van der Waals surface area contributed by atoms with E-state index in [2.05, 4.69) is 0 Å². The summed E-state index contributed by atoms with van der Waals surface area (Å²) in [6.07, 6.45) is 0.944. The number of rotatable bonds is 3. The molecule has 0 radical (unpaired) electrons. The number of carboxylic acids is 1. The molecule has 0 saturated carbocycles. The number of carbonyl (C=O) groups excluding carboxylic acids is 1. The number of ether oxygens (including phenoxy) is 1. The maximum atomic E-state index is 12.9. The highest BCUT2D eigenvalue weighted by Crippen LogP contribution is 2.41. The van der Waals surface area contributed by atoms with Gasteiger partial charge in [-0.05, 0) is 48.9 Å². The summed E-state index contributed by atoms with van der Waals surface area (Å²) in [5.41, 5.74) is 0.563. The fraction of sp³-hybridized carbons (Fsp3) is 0.333. The largest absolute Gasteiger partial charge is 0.486 e. The minimum Gasteiger partial charge on any atom is -0.486 e. The Morgan fingerprint density at radius 3 is 2.40 bits per heavy atom. The Morgan fingerprint density at radius 2 is 1.80 bits per heavy atom. The molecule has 0 aliphatic carbocycles. The normalized spacial score (nSPS) is 18.7. The van der Waals surface area contributed by atoms with Crippen molar-refractivity contribution in [3.05, 3.63) is 58.1 Å². The summed E-state index contributed by atoms with van der Waals surface area (Å²) < 4.78 is 33.4. The molecule has 0 amide bonds. The van der Waals surface area contributed by atoms with Crippen molar-refractivity contribution in [2.24, 2.45) is 0 Å². The zero-order valence-corrected chi connectivity index (χ0v) is 17.8. The number of hydrogen-bond acceptors (Lipinski definition) is 5. The molecule has 0 atom stereocenters. The zero-order valence-electron chi connectivity index (χ0n) is 16.2. The third-order valence-electron chi connectivity index (χ3n) is 5.74. The standard InChI is InChI=1S/C21H20ClNO6S/c1-13-10-19-16(11-17(13)22)18(24)12-21(29-19)6-8-23(9-7-21)30(27,28)15-4-2-14(3-5-15)20(25)26/h2-5,10-11H,6-9,12H2,1H3,(H,25,26). The number of hydrogen-bond donors (Lipinski definition) is 1. The van der Waals surface area contributed by atoms with Crippen LogP contribution in [-0.4, -0.2) is 48.3 Å². The van der Waals surface area contributed by atoms with Gasteiger partial charge in [0.15, 0.2) is 5.78 Å². The van der Waals surface area contributed by atoms with Crippen LogP contribution in [0.5, 0.6) is 5.75 Å². The van der Waals surface area contributed by atoms with Gasteiger partial charge in [-0.25, -0.2) is 13.2 Å². The first-order valence-electron chi connectivity index (χ1n) is 9.47. The summed E-state index contributed by atoms with van der Waals surface area (Å²) in [6, 6.07) is 8.52. The molecule has 2 heterocycles. The molecule has 1 N–H and O–H groups in total. The number of halogens is 1. The maximum Gasteiger partial charge on any atom is 0.335 e. The van der Waals surface area contributed by atoms with Gasteiger partial charge < -0.3 is 9.84 Å². The third-order valence-corrected chi connectivity index (χ3v) is 8.06. The number of piperidine rings is 1. The van der Waals surface area contributed by atoms with E-state index in [-0.39, 0.29) is 35.8 Å². The Balaban J connectivity index is 1.52. The first-order valence-corrected chi connectivity index (χ1v) is 11.3. The molecule has 1 saturated heterocycles. The lowest BCUT2D eigenvalue weighted by Crippen LogP contribution is -2.52. The molecule has 0 bridgehead atoms. The second-order valence-electron chi connectivity index (χ2n) is 7.72. The Bertz CT molecular complexity index is 1130. The third kappa shape index (κ3) is 3.59. The number of ketones is 1. The first kappa shape index (κ1) is 20.8. The van der Waals surface area contributed by atoms with Crippen LogP contribution in [0.1, 0.15) is 45.5 Å². The molecule has 158 valence electrons. The average molecular weight is 450 g/mol. The maximum absolute atomic E-state index is 12.9. The Hall–Kier alpha value is -2.42. The molecule has 2 aliphatic heterocycles. The number of Topliss-reactive ketones (excluding diaryl/α,β-unsaturated/α-hetero) is 1. The average Bonchev–Trinajstić information content (AvgIpc) is 2.70. The van der Waals surface area contributed by atoms with Crippen molar-refractivity contribution in [1.82, 2.24) is 4.31 Å². The lowest BCUT2D eigenvalue weighted by Gasteiger charge is -2.43. The van der Waals surface area contributed by atoms with Crippen molar-refractivity contribution in [1.29, 1.82) is 0 Å². The van der Waals surface area contributed by atoms with E-state index >= 15 is 0 Å². The Labute approximate surface area is 179 Å². The van der Waals surface area contributed by atoms with E-state index in [1.165, 1.54) is 28.6 Å². The summed E-state index contributed by atoms with van der Waals surface area (Å²) >= 11 is 6.13. The number of benzene rings is 2. The highest BCUT2D eigenvalue weighted by molar-refractivity contribution is 7.89. The van der Waals surface area contributed by atoms with E-state index in [4.69, 9.17) is 21.4 Å². The molecule has 4 rings (SSSR count). The fourth-order valence-electron chi connectivity index (χ4n) is 3.95. The van der Waals surface area contributed by atoms with Crippen LogP contribution in [0.25, 0.3) is 0 Å². The highest BCUT2D eigenvalue weighted by atomic mass is 35.5. The van der Waals surface area contributed by atoms with Gasteiger partial charge in [0, 0.05) is 31.0 Å². The number of carbonyl (C=O) groups is 2. The van der Waals surface area contributed by atoms with Crippen LogP contribution in [0.3, 0.4) is 0 Å². The molecule has 1 spiro atoms. The smallest absolute Gasteiger partial charge is 0.335 e. The summed E-state index contributed by atoms with van der Waals surface area (Å²) in [5.74, 6) is -0.679. The molecule has 1 fully saturated rings. The van der Waals surface area contributed by atoms with E-state index in [0.717, 1.165) is 5.56 Å². The van der Waals surface area contributed by atoms with E-state index < -0.39 is 21.6 Å². The SMILES string of the molecule is Cc1cc2c(cc1Cl)C(=O)CC1(CCN(S(=O)(=O)c3ccc(C(=O)O)cc3)CC1)O2. The van der Waals surface area contributed by atoms with Crippen LogP contribution in [0.2, 0.25) is 5.02 Å². The first-order chi connectivity index (χ1) is 14.1. The van der Waals surface area contributed by atoms with Crippen LogP contribution in [0.15, 0.2) is 41.3 Å². The van der Waals surface area contributed by atoms with Crippen LogP contribution >= 0.6 is 11.6 Å². The fourth-order valence-corrected chi connectivity index (χ4v) is 5.55. The van der Waals surface area contributed by atoms with Crippen molar-refractivity contribution in [2.45, 2.75) is 36.7 Å². The summed E-state index contributed by atoms with van der Waals surface area (Å²) in [4.78, 5) is 23.7. The van der Waals surface area contributed by atoms with Gasteiger partial charge >= 0.3 is 5.97 Å². The molecule has 2 aromatic rings. The van der Waals surface area contributed by atoms with Gasteiger partial charge in [0.05, 0.1) is 22.4 Å². The van der Waals surface area contributed by atoms with Crippen LogP contribution in [0, 0.1) is 6.92 Å². The Kier molecular flexibility index (Phi) is 5.12. The second kappa shape index (κ2) is 7.37. The molecular weight excluding hydrogens is 430 g/mol. The highest BCUT2D eigenvalue weighted by Gasteiger charge is 2.45. The Morgan fingerprint density at radius 1 is 1.17 bits per heavy atom. The molecule has 30 heavy (non-hydrogen) atoms. The van der Waals surface area contributed by atoms with E-state index in [9.17, 15) is 18.0 Å². The number of aromatic carboxylic acids is 1. The van der Waals surface area contributed by atoms with Gasteiger partial charge in [-0.2, -0.15) is 4.31 Å². The van der Waals surface area contributed by atoms with Gasteiger partial charge in [0.1, 0.15) is 11.4 Å². The molecule has 2 aliphatic rings. The van der Waals surface area contributed by atoms with Crippen molar-refractivity contribution in [3.8, 4) is 5.75 Å². The van der Waals surface area contributed by atoms with Crippen LogP contribution < -0.4 is 4.74 Å². The molecule has 0 aromatic heterocycles. The minimum atomic E-state index is -3.76. The topological polar surface area (TPSA) is 101 Å². The molecule has 2 aromatic carbocycles. The molecular formula is C21H20ClNO6S. The number of aryl methyl sites for hydroxylation is 1. The second-order valence-corrected chi connectivity index (χ2v) is 10.1. The van der Waals surface area contributed by atoms with Crippen molar-refractivity contribution in [3.63, 3.8) is 0 Å². The van der Waals surface area contributed by atoms with Crippen molar-refractivity contribution < 1.29 is 27.9 Å². The van der Waals surface area contributed by atoms with Gasteiger partial charge in [-0.1, -0.05) is 11.6 Å². The quantitative estimate of drug-likeness (QED) is 0.769. The summed E-state index contributed by atoms with van der Waals surface area (Å²) in [5, 5.41) is 9.49. The summed E-state index contributed by atoms with van der Waals surface area (Å²) in [6.45, 7) is 2.25. The zero-order chi connectivity index (χ0) is 21.7.